The van der Waals surface area contributed by atoms with Gasteiger partial charge in [-0.3, -0.25) is 14.6 Å². The fraction of sp³-hybridized carbons (Fsp3) is 0.0870. The molecule has 0 spiro atoms. The van der Waals surface area contributed by atoms with Crippen LogP contribution in [0.5, 0.6) is 0 Å². The molecular formula is C23H17ClFN3O2. The molecule has 1 aliphatic rings. The maximum atomic E-state index is 13.1. The van der Waals surface area contributed by atoms with Gasteiger partial charge in [0.15, 0.2) is 0 Å². The van der Waals surface area contributed by atoms with Crippen molar-refractivity contribution in [1.82, 2.24) is 4.98 Å². The van der Waals surface area contributed by atoms with Gasteiger partial charge in [0, 0.05) is 28.7 Å². The van der Waals surface area contributed by atoms with Gasteiger partial charge in [-0.2, -0.15) is 0 Å². The van der Waals surface area contributed by atoms with Crippen molar-refractivity contribution in [3.05, 3.63) is 94.5 Å². The number of fused-ring (bicyclic) bond motifs is 1. The number of anilines is 2. The molecule has 7 heteroatoms. The fourth-order valence-electron chi connectivity index (χ4n) is 3.26. The lowest BCUT2D eigenvalue weighted by Crippen LogP contribution is -2.26. The number of carbonyl (C=O) groups is 2. The van der Waals surface area contributed by atoms with Crippen molar-refractivity contribution < 1.29 is 14.0 Å². The highest BCUT2D eigenvalue weighted by atomic mass is 35.5. The molecule has 0 radical (unpaired) electrons. The largest absolute Gasteiger partial charge is 0.323 e. The van der Waals surface area contributed by atoms with E-state index in [0.717, 1.165) is 23.0 Å². The van der Waals surface area contributed by atoms with Crippen LogP contribution in [0.2, 0.25) is 5.02 Å². The second-order valence-corrected chi connectivity index (χ2v) is 7.32. The number of carbonyl (C=O) groups excluding carboxylic acids is 2. The van der Waals surface area contributed by atoms with Crippen LogP contribution in [0.4, 0.5) is 15.8 Å². The summed E-state index contributed by atoms with van der Waals surface area (Å²) in [6.45, 7) is 0.423. The average Bonchev–Trinajstić information content (AvgIpc) is 3.02. The standard InChI is InChI=1S/C23H17ClFN3O2/c24-18-5-4-17-10-23(30)28(21(17)11-18)14-15-1-6-20(7-2-15)27-22(29)8-3-16-9-19(25)13-26-12-16/h1-9,11-13H,10,14H2,(H,27,29)/b8-3+. The molecule has 2 aromatic carbocycles. The quantitative estimate of drug-likeness (QED) is 0.612. The lowest BCUT2D eigenvalue weighted by molar-refractivity contribution is -0.117. The highest BCUT2D eigenvalue weighted by Gasteiger charge is 2.27. The van der Waals surface area contributed by atoms with E-state index in [4.69, 9.17) is 11.6 Å². The summed E-state index contributed by atoms with van der Waals surface area (Å²) in [6.07, 6.45) is 5.73. The zero-order valence-corrected chi connectivity index (χ0v) is 16.6. The highest BCUT2D eigenvalue weighted by Crippen LogP contribution is 2.32. The first-order valence-electron chi connectivity index (χ1n) is 9.25. The van der Waals surface area contributed by atoms with E-state index in [2.05, 4.69) is 10.3 Å². The minimum Gasteiger partial charge on any atom is -0.323 e. The molecule has 3 aromatic rings. The van der Waals surface area contributed by atoms with E-state index < -0.39 is 5.82 Å². The van der Waals surface area contributed by atoms with Gasteiger partial charge >= 0.3 is 0 Å². The Hall–Kier alpha value is -3.51. The van der Waals surface area contributed by atoms with Gasteiger partial charge in [0.1, 0.15) is 5.82 Å². The Bertz CT molecular complexity index is 1150. The van der Waals surface area contributed by atoms with E-state index in [-0.39, 0.29) is 11.8 Å². The Morgan fingerprint density at radius 3 is 2.73 bits per heavy atom. The topological polar surface area (TPSA) is 62.3 Å². The molecule has 0 saturated carbocycles. The fourth-order valence-corrected chi connectivity index (χ4v) is 3.42. The van der Waals surface area contributed by atoms with Gasteiger partial charge in [-0.15, -0.1) is 0 Å². The highest BCUT2D eigenvalue weighted by molar-refractivity contribution is 6.31. The second-order valence-electron chi connectivity index (χ2n) is 6.89. The Morgan fingerprint density at radius 2 is 1.97 bits per heavy atom. The number of nitrogens with zero attached hydrogens (tertiary/aromatic N) is 2. The third-order valence-electron chi connectivity index (χ3n) is 4.70. The zero-order chi connectivity index (χ0) is 21.1. The van der Waals surface area contributed by atoms with Crippen molar-refractivity contribution in [2.24, 2.45) is 0 Å². The van der Waals surface area contributed by atoms with Crippen molar-refractivity contribution in [2.45, 2.75) is 13.0 Å². The number of nitrogens with one attached hydrogen (secondary N) is 1. The summed E-state index contributed by atoms with van der Waals surface area (Å²) < 4.78 is 13.1. The molecule has 2 heterocycles. The molecule has 2 amide bonds. The molecule has 0 bridgehead atoms. The Kier molecular flexibility index (Phi) is 5.59. The zero-order valence-electron chi connectivity index (χ0n) is 15.8. The maximum Gasteiger partial charge on any atom is 0.248 e. The number of halogens is 2. The van der Waals surface area contributed by atoms with Gasteiger partial charge in [-0.25, -0.2) is 4.39 Å². The summed E-state index contributed by atoms with van der Waals surface area (Å²) in [5, 5.41) is 3.33. The smallest absolute Gasteiger partial charge is 0.248 e. The summed E-state index contributed by atoms with van der Waals surface area (Å²) >= 11 is 6.08. The third-order valence-corrected chi connectivity index (χ3v) is 4.93. The van der Waals surface area contributed by atoms with Crippen molar-refractivity contribution >= 4 is 40.9 Å². The molecule has 150 valence electrons. The number of hydrogen-bond donors (Lipinski definition) is 1. The van der Waals surface area contributed by atoms with E-state index in [1.165, 1.54) is 24.4 Å². The predicted molar refractivity (Wildman–Crippen MR) is 115 cm³/mol. The monoisotopic (exact) mass is 421 g/mol. The lowest BCUT2D eigenvalue weighted by atomic mass is 10.1. The van der Waals surface area contributed by atoms with Crippen molar-refractivity contribution in [2.75, 3.05) is 10.2 Å². The van der Waals surface area contributed by atoms with Crippen LogP contribution in [0.1, 0.15) is 16.7 Å². The Balaban J connectivity index is 1.39. The van der Waals surface area contributed by atoms with Gasteiger partial charge in [-0.05, 0) is 53.1 Å². The van der Waals surface area contributed by atoms with Crippen molar-refractivity contribution in [3.63, 3.8) is 0 Å². The Labute approximate surface area is 177 Å². The van der Waals surface area contributed by atoms with Gasteiger partial charge in [-0.1, -0.05) is 29.8 Å². The van der Waals surface area contributed by atoms with Crippen LogP contribution >= 0.6 is 11.6 Å². The van der Waals surface area contributed by atoms with E-state index in [9.17, 15) is 14.0 Å². The first-order valence-corrected chi connectivity index (χ1v) is 9.63. The molecule has 1 aliphatic heterocycles. The van der Waals surface area contributed by atoms with E-state index in [1.54, 1.807) is 29.2 Å². The van der Waals surface area contributed by atoms with Crippen LogP contribution in [-0.4, -0.2) is 16.8 Å². The minimum absolute atomic E-state index is 0.0293. The van der Waals surface area contributed by atoms with Gasteiger partial charge in [0.2, 0.25) is 11.8 Å². The lowest BCUT2D eigenvalue weighted by Gasteiger charge is -2.18. The molecule has 0 aliphatic carbocycles. The number of amides is 2. The minimum atomic E-state index is -0.463. The van der Waals surface area contributed by atoms with E-state index >= 15 is 0 Å². The third kappa shape index (κ3) is 4.55. The normalized spacial score (nSPS) is 13.0. The van der Waals surface area contributed by atoms with Crippen LogP contribution in [0.15, 0.2) is 67.0 Å². The summed E-state index contributed by atoms with van der Waals surface area (Å²) in [5.41, 5.74) is 3.84. The van der Waals surface area contributed by atoms with Crippen molar-refractivity contribution in [3.8, 4) is 0 Å². The van der Waals surface area contributed by atoms with Crippen LogP contribution in [-0.2, 0) is 22.6 Å². The second kappa shape index (κ2) is 8.47. The number of benzene rings is 2. The molecule has 0 saturated heterocycles. The molecule has 0 fully saturated rings. The number of pyridine rings is 1. The van der Waals surface area contributed by atoms with E-state index in [1.807, 2.05) is 18.2 Å². The molecular weight excluding hydrogens is 405 g/mol. The van der Waals surface area contributed by atoms with Crippen LogP contribution in [0.25, 0.3) is 6.08 Å². The number of hydrogen-bond acceptors (Lipinski definition) is 3. The molecule has 4 rings (SSSR count). The first-order chi connectivity index (χ1) is 14.5. The van der Waals surface area contributed by atoms with Crippen LogP contribution < -0.4 is 10.2 Å². The summed E-state index contributed by atoms with van der Waals surface area (Å²) in [5.74, 6) is -0.776. The van der Waals surface area contributed by atoms with Crippen LogP contribution in [0, 0.1) is 5.82 Å². The van der Waals surface area contributed by atoms with Gasteiger partial charge in [0.25, 0.3) is 0 Å². The number of rotatable bonds is 5. The van der Waals surface area contributed by atoms with Crippen LogP contribution in [0.3, 0.4) is 0 Å². The average molecular weight is 422 g/mol. The summed E-state index contributed by atoms with van der Waals surface area (Å²) in [6, 6.07) is 14.0. The van der Waals surface area contributed by atoms with Gasteiger partial charge in [0.05, 0.1) is 19.2 Å². The molecule has 1 aromatic heterocycles. The molecule has 5 nitrogen and oxygen atoms in total. The maximum absolute atomic E-state index is 13.1. The SMILES string of the molecule is O=C(/C=C/c1cncc(F)c1)Nc1ccc(CN2C(=O)Cc3ccc(Cl)cc32)cc1. The molecule has 0 atom stereocenters. The Morgan fingerprint density at radius 1 is 1.17 bits per heavy atom. The van der Waals surface area contributed by atoms with Gasteiger partial charge < -0.3 is 10.2 Å². The number of aromatic nitrogens is 1. The molecule has 0 unspecified atom stereocenters. The molecule has 1 N–H and O–H groups in total. The first kappa shape index (κ1) is 19.8. The summed E-state index contributed by atoms with van der Waals surface area (Å²) in [4.78, 5) is 29.9. The summed E-state index contributed by atoms with van der Waals surface area (Å²) in [7, 11) is 0. The van der Waals surface area contributed by atoms with Crippen molar-refractivity contribution in [1.29, 1.82) is 0 Å². The molecule has 30 heavy (non-hydrogen) atoms. The van der Waals surface area contributed by atoms with E-state index in [0.29, 0.717) is 29.2 Å². The predicted octanol–water partition coefficient (Wildman–Crippen LogP) is 4.62.